The van der Waals surface area contributed by atoms with Crippen molar-refractivity contribution in [2.75, 3.05) is 5.32 Å². The number of aromatic nitrogens is 7. The average Bonchev–Trinajstić information content (AvgIpc) is 3.36. The Morgan fingerprint density at radius 1 is 1.00 bits per heavy atom. The van der Waals surface area contributed by atoms with E-state index in [-0.39, 0.29) is 17.8 Å². The predicted molar refractivity (Wildman–Crippen MR) is 97.3 cm³/mol. The number of nitrogens with one attached hydrogen (secondary N) is 2. The number of anilines is 1. The van der Waals surface area contributed by atoms with E-state index in [0.717, 1.165) is 17.8 Å². The minimum atomic E-state index is -1.52. The standard InChI is InChI=1S/C18H11F3N8/c19-10-5-9(6-11(20)16(10)21)12-1-2-14-26-27-15(29(14)28-12)7-23-13-3-4-22-18-17(13)24-8-25-18/h1-6,8H,7H2,(H2,22,23,24,25). The Morgan fingerprint density at radius 2 is 1.83 bits per heavy atom. The Hall–Kier alpha value is -4.02. The molecule has 0 saturated carbocycles. The van der Waals surface area contributed by atoms with Gasteiger partial charge in [0, 0.05) is 11.8 Å². The molecule has 11 heteroatoms. The number of nitrogens with zero attached hydrogens (tertiary/aromatic N) is 6. The summed E-state index contributed by atoms with van der Waals surface area (Å²) in [6, 6.07) is 6.69. The van der Waals surface area contributed by atoms with Crippen LogP contribution in [-0.4, -0.2) is 34.8 Å². The summed E-state index contributed by atoms with van der Waals surface area (Å²) >= 11 is 0. The largest absolute Gasteiger partial charge is 0.376 e. The van der Waals surface area contributed by atoms with E-state index in [1.54, 1.807) is 24.7 Å². The number of benzene rings is 1. The van der Waals surface area contributed by atoms with E-state index in [0.29, 0.717) is 22.6 Å². The van der Waals surface area contributed by atoms with Crippen molar-refractivity contribution in [1.82, 2.24) is 34.8 Å². The molecule has 1 aromatic carbocycles. The lowest BCUT2D eigenvalue weighted by molar-refractivity contribution is 0.447. The van der Waals surface area contributed by atoms with Crippen molar-refractivity contribution in [2.45, 2.75) is 6.54 Å². The lowest BCUT2D eigenvalue weighted by Gasteiger charge is -2.07. The third-order valence-electron chi connectivity index (χ3n) is 4.36. The Bertz CT molecular complexity index is 1340. The highest BCUT2D eigenvalue weighted by atomic mass is 19.2. The molecule has 0 fully saturated rings. The molecule has 0 bridgehead atoms. The molecule has 0 radical (unpaired) electrons. The van der Waals surface area contributed by atoms with Crippen molar-refractivity contribution < 1.29 is 13.2 Å². The first-order chi connectivity index (χ1) is 14.1. The molecule has 0 unspecified atom stereocenters. The Kier molecular flexibility index (Phi) is 3.86. The van der Waals surface area contributed by atoms with E-state index in [2.05, 4.69) is 35.6 Å². The molecule has 29 heavy (non-hydrogen) atoms. The van der Waals surface area contributed by atoms with Gasteiger partial charge in [-0.1, -0.05) is 0 Å². The van der Waals surface area contributed by atoms with E-state index in [9.17, 15) is 13.2 Å². The normalized spacial score (nSPS) is 11.4. The molecule has 0 aliphatic carbocycles. The van der Waals surface area contributed by atoms with Gasteiger partial charge in [-0.15, -0.1) is 10.2 Å². The van der Waals surface area contributed by atoms with Gasteiger partial charge < -0.3 is 10.3 Å². The van der Waals surface area contributed by atoms with E-state index in [1.165, 1.54) is 10.6 Å². The summed E-state index contributed by atoms with van der Waals surface area (Å²) in [5.74, 6) is -3.63. The number of pyridine rings is 1. The van der Waals surface area contributed by atoms with Crippen LogP contribution in [0.3, 0.4) is 0 Å². The van der Waals surface area contributed by atoms with Crippen LogP contribution in [0.15, 0.2) is 42.9 Å². The monoisotopic (exact) mass is 396 g/mol. The van der Waals surface area contributed by atoms with Gasteiger partial charge in [0.15, 0.2) is 34.6 Å². The first-order valence-corrected chi connectivity index (χ1v) is 8.48. The molecular formula is C18H11F3N8. The second kappa shape index (κ2) is 6.55. The van der Waals surface area contributed by atoms with Gasteiger partial charge in [-0.2, -0.15) is 9.61 Å². The van der Waals surface area contributed by atoms with Crippen molar-refractivity contribution in [3.05, 3.63) is 66.1 Å². The van der Waals surface area contributed by atoms with Crippen molar-refractivity contribution >= 4 is 22.5 Å². The summed E-state index contributed by atoms with van der Waals surface area (Å²) in [7, 11) is 0. The molecule has 0 amide bonds. The number of H-pyrrole nitrogens is 1. The number of aromatic amines is 1. The van der Waals surface area contributed by atoms with Gasteiger partial charge >= 0.3 is 0 Å². The van der Waals surface area contributed by atoms with Crippen LogP contribution in [0.25, 0.3) is 28.1 Å². The van der Waals surface area contributed by atoms with Crippen LogP contribution in [0, 0.1) is 17.5 Å². The molecule has 4 aromatic heterocycles. The molecule has 0 atom stereocenters. The molecule has 0 aliphatic heterocycles. The molecule has 5 rings (SSSR count). The van der Waals surface area contributed by atoms with Gasteiger partial charge in [0.25, 0.3) is 0 Å². The Balaban J connectivity index is 1.49. The molecule has 8 nitrogen and oxygen atoms in total. The molecule has 0 saturated heterocycles. The molecule has 144 valence electrons. The molecule has 0 spiro atoms. The van der Waals surface area contributed by atoms with Gasteiger partial charge in [-0.25, -0.2) is 23.1 Å². The van der Waals surface area contributed by atoms with Crippen LogP contribution >= 0.6 is 0 Å². The smallest absolute Gasteiger partial charge is 0.194 e. The summed E-state index contributed by atoms with van der Waals surface area (Å²) in [5.41, 5.74) is 2.85. The fraction of sp³-hybridized carbons (Fsp3) is 0.0556. The maximum absolute atomic E-state index is 13.6. The minimum absolute atomic E-state index is 0.100. The van der Waals surface area contributed by atoms with Crippen molar-refractivity contribution in [1.29, 1.82) is 0 Å². The molecule has 4 heterocycles. The van der Waals surface area contributed by atoms with Gasteiger partial charge in [-0.05, 0) is 30.3 Å². The van der Waals surface area contributed by atoms with E-state index >= 15 is 0 Å². The van der Waals surface area contributed by atoms with Crippen molar-refractivity contribution in [3.8, 4) is 11.3 Å². The quantitative estimate of drug-likeness (QED) is 0.453. The minimum Gasteiger partial charge on any atom is -0.376 e. The van der Waals surface area contributed by atoms with Gasteiger partial charge in [0.05, 0.1) is 24.3 Å². The third kappa shape index (κ3) is 2.92. The summed E-state index contributed by atoms with van der Waals surface area (Å²) in [6.45, 7) is 0.260. The Labute approximate surface area is 160 Å². The lowest BCUT2D eigenvalue weighted by Crippen LogP contribution is -2.07. The topological polar surface area (TPSA) is 96.7 Å². The zero-order valence-electron chi connectivity index (χ0n) is 14.6. The molecular weight excluding hydrogens is 385 g/mol. The highest BCUT2D eigenvalue weighted by Crippen LogP contribution is 2.23. The van der Waals surface area contributed by atoms with Crippen LogP contribution in [0.2, 0.25) is 0 Å². The second-order valence-corrected chi connectivity index (χ2v) is 6.17. The summed E-state index contributed by atoms with van der Waals surface area (Å²) in [4.78, 5) is 11.3. The zero-order valence-corrected chi connectivity index (χ0v) is 14.6. The van der Waals surface area contributed by atoms with Gasteiger partial charge in [-0.3, -0.25) is 0 Å². The van der Waals surface area contributed by atoms with Crippen LogP contribution in [-0.2, 0) is 6.54 Å². The molecule has 2 N–H and O–H groups in total. The van der Waals surface area contributed by atoms with Crippen LogP contribution in [0.1, 0.15) is 5.82 Å². The van der Waals surface area contributed by atoms with Crippen LogP contribution < -0.4 is 5.32 Å². The third-order valence-corrected chi connectivity index (χ3v) is 4.36. The van der Waals surface area contributed by atoms with Crippen molar-refractivity contribution in [2.24, 2.45) is 0 Å². The van der Waals surface area contributed by atoms with Crippen LogP contribution in [0.4, 0.5) is 18.9 Å². The maximum Gasteiger partial charge on any atom is 0.194 e. The number of hydrogen-bond acceptors (Lipinski definition) is 6. The van der Waals surface area contributed by atoms with E-state index in [4.69, 9.17) is 0 Å². The van der Waals surface area contributed by atoms with E-state index < -0.39 is 17.5 Å². The Morgan fingerprint density at radius 3 is 2.66 bits per heavy atom. The zero-order chi connectivity index (χ0) is 20.0. The highest BCUT2D eigenvalue weighted by molar-refractivity contribution is 5.84. The maximum atomic E-state index is 13.6. The number of imidazole rings is 1. The fourth-order valence-corrected chi connectivity index (χ4v) is 2.97. The first kappa shape index (κ1) is 17.1. The number of fused-ring (bicyclic) bond motifs is 2. The molecule has 5 aromatic rings. The summed E-state index contributed by atoms with van der Waals surface area (Å²) < 4.78 is 41.8. The summed E-state index contributed by atoms with van der Waals surface area (Å²) in [6.07, 6.45) is 3.18. The lowest BCUT2D eigenvalue weighted by atomic mass is 10.1. The van der Waals surface area contributed by atoms with Crippen molar-refractivity contribution in [3.63, 3.8) is 0 Å². The molecule has 0 aliphatic rings. The summed E-state index contributed by atoms with van der Waals surface area (Å²) in [5, 5.41) is 15.7. The average molecular weight is 396 g/mol. The predicted octanol–water partition coefficient (Wildman–Crippen LogP) is 3.09. The van der Waals surface area contributed by atoms with Gasteiger partial charge in [0.2, 0.25) is 0 Å². The van der Waals surface area contributed by atoms with E-state index in [1.807, 2.05) is 0 Å². The SMILES string of the molecule is Fc1cc(-c2ccc3nnc(CNc4ccnc5[nH]cnc45)n3n2)cc(F)c1F. The number of hydrogen-bond donors (Lipinski definition) is 2. The van der Waals surface area contributed by atoms with Gasteiger partial charge in [0.1, 0.15) is 5.52 Å². The number of rotatable bonds is 4. The first-order valence-electron chi connectivity index (χ1n) is 8.48. The number of halogens is 3. The second-order valence-electron chi connectivity index (χ2n) is 6.17. The fourth-order valence-electron chi connectivity index (χ4n) is 2.97. The van der Waals surface area contributed by atoms with Crippen LogP contribution in [0.5, 0.6) is 0 Å². The highest BCUT2D eigenvalue weighted by Gasteiger charge is 2.14.